The van der Waals surface area contributed by atoms with E-state index in [1.54, 1.807) is 31.4 Å². The summed E-state index contributed by atoms with van der Waals surface area (Å²) in [5.74, 6) is 0.676. The number of nitrogens with one attached hydrogen (secondary N) is 2. The molecule has 1 aliphatic rings. The molecule has 3 rings (SSSR count). The van der Waals surface area contributed by atoms with Gasteiger partial charge in [-0.2, -0.15) is 0 Å². The van der Waals surface area contributed by atoms with Crippen LogP contribution in [0.25, 0.3) is 0 Å². The molecule has 0 unspecified atom stereocenters. The number of hydrogen-bond acceptors (Lipinski definition) is 3. The highest BCUT2D eigenvalue weighted by Gasteiger charge is 2.45. The molecule has 1 fully saturated rings. The van der Waals surface area contributed by atoms with Gasteiger partial charge in [0, 0.05) is 23.9 Å². The molecule has 120 valence electrons. The zero-order valence-electron chi connectivity index (χ0n) is 12.6. The average Bonchev–Trinajstić information content (AvgIpc) is 3.16. The molecule has 1 aromatic carbocycles. The van der Waals surface area contributed by atoms with Crippen LogP contribution in [0.4, 0.5) is 11.4 Å². The molecule has 2 aromatic rings. The van der Waals surface area contributed by atoms with Gasteiger partial charge in [-0.1, -0.05) is 18.5 Å². The fourth-order valence-electron chi connectivity index (χ4n) is 2.48. The minimum Gasteiger partial charge on any atom is -0.469 e. The van der Waals surface area contributed by atoms with Gasteiger partial charge in [-0.15, -0.1) is 0 Å². The van der Waals surface area contributed by atoms with E-state index in [9.17, 15) is 9.59 Å². The number of rotatable bonds is 5. The Morgan fingerprint density at radius 1 is 1.30 bits per heavy atom. The third-order valence-corrected chi connectivity index (χ3v) is 4.19. The van der Waals surface area contributed by atoms with E-state index in [-0.39, 0.29) is 23.7 Å². The standard InChI is InChI=1S/C17H17ClN2O3/c1-2-16(21)19-10-5-6-13(18)14(8-10)20-17(22)12-9-11(12)15-4-3-7-23-15/h3-8,11-12H,2,9H2,1H3,(H,19,21)(H,20,22)/t11-,12-/m0/s1. The Morgan fingerprint density at radius 3 is 2.83 bits per heavy atom. The van der Waals surface area contributed by atoms with Gasteiger partial charge in [-0.05, 0) is 36.8 Å². The third-order valence-electron chi connectivity index (χ3n) is 3.86. The van der Waals surface area contributed by atoms with E-state index >= 15 is 0 Å². The molecule has 1 heterocycles. The lowest BCUT2D eigenvalue weighted by atomic mass is 10.2. The van der Waals surface area contributed by atoms with E-state index in [0.717, 1.165) is 12.2 Å². The van der Waals surface area contributed by atoms with Crippen LogP contribution in [0.1, 0.15) is 31.4 Å². The lowest BCUT2D eigenvalue weighted by molar-refractivity contribution is -0.117. The maximum atomic E-state index is 12.3. The maximum absolute atomic E-state index is 12.3. The van der Waals surface area contributed by atoms with Crippen molar-refractivity contribution in [1.29, 1.82) is 0 Å². The quantitative estimate of drug-likeness (QED) is 0.868. The number of amides is 2. The molecule has 0 aliphatic heterocycles. The molecule has 0 spiro atoms. The molecule has 0 bridgehead atoms. The first-order valence-corrected chi connectivity index (χ1v) is 7.90. The molecule has 2 N–H and O–H groups in total. The Kier molecular flexibility index (Phi) is 4.39. The van der Waals surface area contributed by atoms with Crippen LogP contribution >= 0.6 is 11.6 Å². The first kappa shape index (κ1) is 15.6. The summed E-state index contributed by atoms with van der Waals surface area (Å²) < 4.78 is 5.33. The number of hydrogen-bond donors (Lipinski definition) is 2. The summed E-state index contributed by atoms with van der Waals surface area (Å²) in [4.78, 5) is 23.8. The normalized spacial score (nSPS) is 19.2. The van der Waals surface area contributed by atoms with E-state index < -0.39 is 0 Å². The molecule has 2 atom stereocenters. The molecule has 1 aliphatic carbocycles. The van der Waals surface area contributed by atoms with Crippen LogP contribution in [0, 0.1) is 5.92 Å². The molecule has 1 aromatic heterocycles. The fourth-order valence-corrected chi connectivity index (χ4v) is 2.64. The molecule has 2 amide bonds. The number of carbonyl (C=O) groups excluding carboxylic acids is 2. The zero-order valence-corrected chi connectivity index (χ0v) is 13.4. The molecule has 5 nitrogen and oxygen atoms in total. The Morgan fingerprint density at radius 2 is 2.13 bits per heavy atom. The highest BCUT2D eigenvalue weighted by atomic mass is 35.5. The Balaban J connectivity index is 1.66. The van der Waals surface area contributed by atoms with Gasteiger partial charge in [-0.3, -0.25) is 9.59 Å². The van der Waals surface area contributed by atoms with Crippen molar-refractivity contribution < 1.29 is 14.0 Å². The smallest absolute Gasteiger partial charge is 0.228 e. The van der Waals surface area contributed by atoms with Crippen LogP contribution in [0.15, 0.2) is 41.0 Å². The first-order valence-electron chi connectivity index (χ1n) is 7.52. The minimum atomic E-state index is -0.105. The number of carbonyl (C=O) groups is 2. The predicted octanol–water partition coefficient (Wildman–Crippen LogP) is 4.02. The molecule has 0 radical (unpaired) electrons. The number of anilines is 2. The van der Waals surface area contributed by atoms with Crippen molar-refractivity contribution in [3.63, 3.8) is 0 Å². The average molecular weight is 333 g/mol. The van der Waals surface area contributed by atoms with Crippen molar-refractivity contribution in [2.75, 3.05) is 10.6 Å². The van der Waals surface area contributed by atoms with Crippen molar-refractivity contribution in [2.24, 2.45) is 5.92 Å². The monoisotopic (exact) mass is 332 g/mol. The summed E-state index contributed by atoms with van der Waals surface area (Å²) in [6, 6.07) is 8.72. The number of furan rings is 1. The molecule has 23 heavy (non-hydrogen) atoms. The van der Waals surface area contributed by atoms with E-state index in [4.69, 9.17) is 16.0 Å². The maximum Gasteiger partial charge on any atom is 0.228 e. The summed E-state index contributed by atoms with van der Waals surface area (Å²) in [5.41, 5.74) is 1.10. The molecular formula is C17H17ClN2O3. The SMILES string of the molecule is CCC(=O)Nc1ccc(Cl)c(NC(=O)[C@H]2C[C@@H]2c2ccco2)c1. The number of benzene rings is 1. The highest BCUT2D eigenvalue weighted by molar-refractivity contribution is 6.34. The van der Waals surface area contributed by atoms with Gasteiger partial charge in [0.2, 0.25) is 11.8 Å². The largest absolute Gasteiger partial charge is 0.469 e. The highest BCUT2D eigenvalue weighted by Crippen LogP contribution is 2.48. The van der Waals surface area contributed by atoms with Crippen molar-refractivity contribution in [3.05, 3.63) is 47.4 Å². The Hall–Kier alpha value is -2.27. The van der Waals surface area contributed by atoms with Crippen molar-refractivity contribution in [2.45, 2.75) is 25.7 Å². The third kappa shape index (κ3) is 3.56. The Labute approximate surface area is 139 Å². The van der Waals surface area contributed by atoms with Crippen LogP contribution in [0.2, 0.25) is 5.02 Å². The van der Waals surface area contributed by atoms with Gasteiger partial charge >= 0.3 is 0 Å². The summed E-state index contributed by atoms with van der Waals surface area (Å²) >= 11 is 6.13. The van der Waals surface area contributed by atoms with Crippen LogP contribution in [0.5, 0.6) is 0 Å². The fraction of sp³-hybridized carbons (Fsp3) is 0.294. The van der Waals surface area contributed by atoms with Gasteiger partial charge in [0.05, 0.1) is 17.0 Å². The predicted molar refractivity (Wildman–Crippen MR) is 88.6 cm³/mol. The molecule has 1 saturated carbocycles. The van der Waals surface area contributed by atoms with Crippen molar-refractivity contribution in [3.8, 4) is 0 Å². The van der Waals surface area contributed by atoms with Crippen LogP contribution < -0.4 is 10.6 Å². The van der Waals surface area contributed by atoms with Gasteiger partial charge in [0.1, 0.15) is 5.76 Å². The molecule has 0 saturated heterocycles. The topological polar surface area (TPSA) is 71.3 Å². The minimum absolute atomic E-state index is 0.0905. The second kappa shape index (κ2) is 6.46. The van der Waals surface area contributed by atoms with E-state index in [1.165, 1.54) is 0 Å². The first-order chi connectivity index (χ1) is 11.1. The van der Waals surface area contributed by atoms with Gasteiger partial charge in [-0.25, -0.2) is 0 Å². The Bertz CT molecular complexity index is 727. The summed E-state index contributed by atoms with van der Waals surface area (Å²) in [6.07, 6.45) is 2.76. The summed E-state index contributed by atoms with van der Waals surface area (Å²) in [5, 5.41) is 6.01. The van der Waals surface area contributed by atoms with Gasteiger partial charge in [0.15, 0.2) is 0 Å². The molecule has 6 heteroatoms. The van der Waals surface area contributed by atoms with Gasteiger partial charge < -0.3 is 15.1 Å². The lowest BCUT2D eigenvalue weighted by Crippen LogP contribution is -2.15. The summed E-state index contributed by atoms with van der Waals surface area (Å²) in [7, 11) is 0. The van der Waals surface area contributed by atoms with Crippen molar-refractivity contribution in [1.82, 2.24) is 0 Å². The number of halogens is 1. The lowest BCUT2D eigenvalue weighted by Gasteiger charge is -2.10. The van der Waals surface area contributed by atoms with E-state index in [0.29, 0.717) is 22.8 Å². The van der Waals surface area contributed by atoms with E-state index in [2.05, 4.69) is 10.6 Å². The van der Waals surface area contributed by atoms with Crippen LogP contribution in [0.3, 0.4) is 0 Å². The molecular weight excluding hydrogens is 316 g/mol. The summed E-state index contributed by atoms with van der Waals surface area (Å²) in [6.45, 7) is 1.77. The van der Waals surface area contributed by atoms with Crippen LogP contribution in [-0.2, 0) is 9.59 Å². The van der Waals surface area contributed by atoms with Crippen molar-refractivity contribution >= 4 is 34.8 Å². The zero-order chi connectivity index (χ0) is 16.4. The second-order valence-electron chi connectivity index (χ2n) is 5.55. The second-order valence-corrected chi connectivity index (χ2v) is 5.96. The van der Waals surface area contributed by atoms with E-state index in [1.807, 2.05) is 12.1 Å². The van der Waals surface area contributed by atoms with Crippen LogP contribution in [-0.4, -0.2) is 11.8 Å². The van der Waals surface area contributed by atoms with Gasteiger partial charge in [0.25, 0.3) is 0 Å².